The second-order valence-corrected chi connectivity index (χ2v) is 5.70. The van der Waals surface area contributed by atoms with Crippen LogP contribution in [0.2, 0.25) is 0 Å². The molecule has 1 unspecified atom stereocenters. The van der Waals surface area contributed by atoms with Gasteiger partial charge < -0.3 is 5.73 Å². The van der Waals surface area contributed by atoms with Crippen LogP contribution in [-0.4, -0.2) is 16.4 Å². The fourth-order valence-electron chi connectivity index (χ4n) is 2.57. The highest BCUT2D eigenvalue weighted by molar-refractivity contribution is 7.09. The van der Waals surface area contributed by atoms with Crippen LogP contribution in [0.15, 0.2) is 29.9 Å². The quantitative estimate of drug-likeness (QED) is 0.843. The molecule has 2 N–H and O–H groups in total. The average molecular weight is 259 g/mol. The van der Waals surface area contributed by atoms with Crippen LogP contribution in [0.4, 0.5) is 5.69 Å². The fraction of sp³-hybridized carbons (Fsp3) is 0.357. The predicted molar refractivity (Wildman–Crippen MR) is 75.5 cm³/mol. The number of thiazole rings is 1. The predicted octanol–water partition coefficient (Wildman–Crippen LogP) is 2.84. The summed E-state index contributed by atoms with van der Waals surface area (Å²) in [6.07, 6.45) is 3.06. The Morgan fingerprint density at radius 3 is 3.11 bits per heavy atom. The molecule has 3 rings (SSSR count). The zero-order chi connectivity index (χ0) is 12.5. The van der Waals surface area contributed by atoms with Gasteiger partial charge in [0.15, 0.2) is 0 Å². The van der Waals surface area contributed by atoms with Gasteiger partial charge in [0.2, 0.25) is 0 Å². The minimum Gasteiger partial charge on any atom is -0.398 e. The molecule has 0 amide bonds. The van der Waals surface area contributed by atoms with Crippen LogP contribution in [0.25, 0.3) is 0 Å². The lowest BCUT2D eigenvalue weighted by atomic mass is 9.97. The van der Waals surface area contributed by atoms with Crippen molar-refractivity contribution < 1.29 is 0 Å². The number of hydrogen-bond donors (Lipinski definition) is 1. The molecule has 3 nitrogen and oxygen atoms in total. The standard InChI is InChI=1S/C14H17N3S/c1-10(14-7-16-9-18-14)17-6-5-11-3-2-4-13(15)12(11)8-17/h2-4,7,9-10H,5-6,8,15H2,1H3. The molecule has 18 heavy (non-hydrogen) atoms. The third kappa shape index (κ3) is 2.02. The second-order valence-electron chi connectivity index (χ2n) is 4.79. The first-order valence-electron chi connectivity index (χ1n) is 6.24. The highest BCUT2D eigenvalue weighted by Gasteiger charge is 2.23. The fourth-order valence-corrected chi connectivity index (χ4v) is 3.28. The van der Waals surface area contributed by atoms with Crippen molar-refractivity contribution in [2.45, 2.75) is 25.9 Å². The number of hydrogen-bond acceptors (Lipinski definition) is 4. The Morgan fingerprint density at radius 2 is 2.33 bits per heavy atom. The van der Waals surface area contributed by atoms with Crippen LogP contribution in [0, 0.1) is 0 Å². The van der Waals surface area contributed by atoms with Crippen molar-refractivity contribution >= 4 is 17.0 Å². The summed E-state index contributed by atoms with van der Waals surface area (Å²) in [5.74, 6) is 0. The molecule has 0 aliphatic carbocycles. The Kier molecular flexibility index (Phi) is 3.06. The number of fused-ring (bicyclic) bond motifs is 1. The molecule has 1 aliphatic heterocycles. The monoisotopic (exact) mass is 259 g/mol. The van der Waals surface area contributed by atoms with Crippen LogP contribution >= 0.6 is 11.3 Å². The van der Waals surface area contributed by atoms with E-state index in [0.717, 1.165) is 25.2 Å². The molecule has 2 aromatic rings. The lowest BCUT2D eigenvalue weighted by molar-refractivity contribution is 0.195. The van der Waals surface area contributed by atoms with Crippen molar-refractivity contribution in [3.63, 3.8) is 0 Å². The number of anilines is 1. The summed E-state index contributed by atoms with van der Waals surface area (Å²) in [4.78, 5) is 7.97. The van der Waals surface area contributed by atoms with E-state index in [9.17, 15) is 0 Å². The smallest absolute Gasteiger partial charge is 0.0794 e. The van der Waals surface area contributed by atoms with E-state index in [2.05, 4.69) is 28.9 Å². The zero-order valence-corrected chi connectivity index (χ0v) is 11.3. The van der Waals surface area contributed by atoms with Crippen molar-refractivity contribution in [1.82, 2.24) is 9.88 Å². The van der Waals surface area contributed by atoms with Crippen LogP contribution in [0.1, 0.15) is 29.0 Å². The van der Waals surface area contributed by atoms with Gasteiger partial charge in [-0.15, -0.1) is 11.3 Å². The van der Waals surface area contributed by atoms with Gasteiger partial charge in [0.25, 0.3) is 0 Å². The molecule has 2 heterocycles. The van der Waals surface area contributed by atoms with E-state index in [4.69, 9.17) is 5.73 Å². The third-order valence-corrected chi connectivity index (χ3v) is 4.70. The molecule has 1 aliphatic rings. The van der Waals surface area contributed by atoms with Gasteiger partial charge in [-0.1, -0.05) is 12.1 Å². The number of benzene rings is 1. The van der Waals surface area contributed by atoms with Crippen molar-refractivity contribution in [3.05, 3.63) is 45.9 Å². The molecular weight excluding hydrogens is 242 g/mol. The molecule has 0 saturated carbocycles. The topological polar surface area (TPSA) is 42.2 Å². The Bertz CT molecular complexity index is 536. The molecule has 1 atom stereocenters. The number of aromatic nitrogens is 1. The maximum Gasteiger partial charge on any atom is 0.0794 e. The van der Waals surface area contributed by atoms with E-state index in [1.807, 2.05) is 17.8 Å². The molecule has 1 aromatic heterocycles. The normalized spacial score (nSPS) is 17.4. The average Bonchev–Trinajstić information content (AvgIpc) is 2.92. The summed E-state index contributed by atoms with van der Waals surface area (Å²) in [5.41, 5.74) is 11.6. The van der Waals surface area contributed by atoms with Gasteiger partial charge in [0.1, 0.15) is 0 Å². The van der Waals surface area contributed by atoms with Gasteiger partial charge in [0, 0.05) is 35.9 Å². The Morgan fingerprint density at radius 1 is 1.44 bits per heavy atom. The number of nitrogens with zero attached hydrogens (tertiary/aromatic N) is 2. The maximum atomic E-state index is 6.09. The molecule has 0 fully saturated rings. The second kappa shape index (κ2) is 4.71. The number of nitrogens with two attached hydrogens (primary N) is 1. The Hall–Kier alpha value is -1.39. The third-order valence-electron chi connectivity index (χ3n) is 3.75. The summed E-state index contributed by atoms with van der Waals surface area (Å²) in [6.45, 7) is 4.29. The molecule has 0 radical (unpaired) electrons. The summed E-state index contributed by atoms with van der Waals surface area (Å²) in [6, 6.07) is 6.67. The summed E-state index contributed by atoms with van der Waals surface area (Å²) in [5, 5.41) is 0. The summed E-state index contributed by atoms with van der Waals surface area (Å²) < 4.78 is 0. The lowest BCUT2D eigenvalue weighted by Crippen LogP contribution is -2.33. The first kappa shape index (κ1) is 11.7. The first-order valence-corrected chi connectivity index (χ1v) is 7.12. The van der Waals surface area contributed by atoms with E-state index in [1.54, 1.807) is 11.3 Å². The van der Waals surface area contributed by atoms with Crippen LogP contribution in [0.5, 0.6) is 0 Å². The van der Waals surface area contributed by atoms with Crippen LogP contribution in [-0.2, 0) is 13.0 Å². The summed E-state index contributed by atoms with van der Waals surface area (Å²) in [7, 11) is 0. The zero-order valence-electron chi connectivity index (χ0n) is 10.5. The summed E-state index contributed by atoms with van der Waals surface area (Å²) >= 11 is 1.73. The van der Waals surface area contributed by atoms with E-state index in [1.165, 1.54) is 16.0 Å². The first-order chi connectivity index (χ1) is 8.75. The molecule has 4 heteroatoms. The van der Waals surface area contributed by atoms with E-state index in [0.29, 0.717) is 6.04 Å². The van der Waals surface area contributed by atoms with E-state index >= 15 is 0 Å². The minimum atomic E-state index is 0.422. The Labute approximate surface area is 111 Å². The van der Waals surface area contributed by atoms with Gasteiger partial charge in [0.05, 0.1) is 5.51 Å². The van der Waals surface area contributed by atoms with Crippen LogP contribution in [0.3, 0.4) is 0 Å². The van der Waals surface area contributed by atoms with Crippen LogP contribution < -0.4 is 5.73 Å². The largest absolute Gasteiger partial charge is 0.398 e. The van der Waals surface area contributed by atoms with Gasteiger partial charge in [-0.05, 0) is 30.5 Å². The van der Waals surface area contributed by atoms with E-state index in [-0.39, 0.29) is 0 Å². The highest BCUT2D eigenvalue weighted by atomic mass is 32.1. The molecule has 94 valence electrons. The maximum absolute atomic E-state index is 6.09. The van der Waals surface area contributed by atoms with Crippen molar-refractivity contribution in [2.24, 2.45) is 0 Å². The molecule has 0 spiro atoms. The van der Waals surface area contributed by atoms with Crippen molar-refractivity contribution in [1.29, 1.82) is 0 Å². The van der Waals surface area contributed by atoms with Gasteiger partial charge in [-0.3, -0.25) is 9.88 Å². The Balaban J connectivity index is 1.84. The number of rotatable bonds is 2. The molecule has 1 aromatic carbocycles. The van der Waals surface area contributed by atoms with Gasteiger partial charge >= 0.3 is 0 Å². The minimum absolute atomic E-state index is 0.422. The van der Waals surface area contributed by atoms with Gasteiger partial charge in [-0.2, -0.15) is 0 Å². The SMILES string of the molecule is CC(c1cncs1)N1CCc2cccc(N)c2C1. The molecule has 0 saturated heterocycles. The van der Waals surface area contributed by atoms with E-state index < -0.39 is 0 Å². The highest BCUT2D eigenvalue weighted by Crippen LogP contribution is 2.31. The van der Waals surface area contributed by atoms with Gasteiger partial charge in [-0.25, -0.2) is 0 Å². The van der Waals surface area contributed by atoms with Crippen molar-refractivity contribution in [2.75, 3.05) is 12.3 Å². The molecular formula is C14H17N3S. The molecule has 0 bridgehead atoms. The lowest BCUT2D eigenvalue weighted by Gasteiger charge is -2.33. The van der Waals surface area contributed by atoms with Crippen molar-refractivity contribution in [3.8, 4) is 0 Å². The number of nitrogen functional groups attached to an aromatic ring is 1.